The molecule has 0 aliphatic carbocycles. The van der Waals surface area contributed by atoms with E-state index in [-0.39, 0.29) is 16.1 Å². The molecule has 7 heteroatoms. The van der Waals surface area contributed by atoms with Crippen LogP contribution >= 0.6 is 24.0 Å². The average molecular weight is 325 g/mol. The molecule has 0 aromatic carbocycles. The van der Waals surface area contributed by atoms with Crippen LogP contribution in [0.25, 0.3) is 6.08 Å². The number of aliphatic carboxylic acids is 1. The molecular formula is C14H15NO4S2. The van der Waals surface area contributed by atoms with Gasteiger partial charge < -0.3 is 9.52 Å². The predicted molar refractivity (Wildman–Crippen MR) is 84.6 cm³/mol. The molecule has 2 heterocycles. The van der Waals surface area contributed by atoms with Crippen molar-refractivity contribution in [2.75, 3.05) is 0 Å². The quantitative estimate of drug-likeness (QED) is 0.663. The van der Waals surface area contributed by atoms with Crippen LogP contribution in [0.15, 0.2) is 27.7 Å². The molecule has 0 bridgehead atoms. The standard InChI is InChI=1S/C14H15NO4S2/c1-8(2)6-10(13(17)18)15-12(16)11(21-14(15)20)7-9-4-3-5-19-9/h3-5,7-8,10H,6H2,1-2H3,(H,17,18)/b11-7+/t10-/m1/s1. The fraction of sp³-hybridized carbons (Fsp3) is 0.357. The van der Waals surface area contributed by atoms with Crippen LogP contribution in [0.4, 0.5) is 0 Å². The molecule has 1 aromatic heterocycles. The van der Waals surface area contributed by atoms with Gasteiger partial charge in [-0.05, 0) is 24.5 Å². The third-order valence-electron chi connectivity index (χ3n) is 2.93. The summed E-state index contributed by atoms with van der Waals surface area (Å²) in [6.07, 6.45) is 3.44. The van der Waals surface area contributed by atoms with E-state index in [4.69, 9.17) is 16.6 Å². The van der Waals surface area contributed by atoms with E-state index in [0.29, 0.717) is 17.1 Å². The van der Waals surface area contributed by atoms with Gasteiger partial charge in [0.2, 0.25) is 0 Å². The van der Waals surface area contributed by atoms with E-state index in [2.05, 4.69) is 0 Å². The lowest BCUT2D eigenvalue weighted by Gasteiger charge is -2.24. The number of rotatable bonds is 5. The lowest BCUT2D eigenvalue weighted by Crippen LogP contribution is -2.44. The van der Waals surface area contributed by atoms with Crippen molar-refractivity contribution < 1.29 is 19.1 Å². The number of carboxylic acid groups (broad SMARTS) is 1. The Balaban J connectivity index is 2.27. The molecular weight excluding hydrogens is 310 g/mol. The van der Waals surface area contributed by atoms with Gasteiger partial charge in [-0.25, -0.2) is 4.79 Å². The molecule has 0 radical (unpaired) electrons. The summed E-state index contributed by atoms with van der Waals surface area (Å²) in [5, 5.41) is 9.36. The molecule has 1 aliphatic rings. The number of amides is 1. The molecule has 1 aromatic rings. The van der Waals surface area contributed by atoms with Crippen LogP contribution in [-0.4, -0.2) is 32.2 Å². The number of thioether (sulfide) groups is 1. The van der Waals surface area contributed by atoms with Crippen molar-refractivity contribution in [2.24, 2.45) is 5.92 Å². The van der Waals surface area contributed by atoms with Gasteiger partial charge >= 0.3 is 5.97 Å². The Hall–Kier alpha value is -1.60. The second-order valence-electron chi connectivity index (χ2n) is 5.05. The number of carboxylic acids is 1. The Bertz CT molecular complexity index is 592. The number of carbonyl (C=O) groups is 2. The molecule has 0 unspecified atom stereocenters. The molecule has 1 saturated heterocycles. The molecule has 1 aliphatic heterocycles. The van der Waals surface area contributed by atoms with Crippen molar-refractivity contribution in [3.05, 3.63) is 29.1 Å². The second kappa shape index (κ2) is 6.44. The van der Waals surface area contributed by atoms with Crippen molar-refractivity contribution in [3.8, 4) is 0 Å². The summed E-state index contributed by atoms with van der Waals surface area (Å²) < 4.78 is 5.44. The SMILES string of the molecule is CC(C)C[C@H](C(=O)O)N1C(=O)/C(=C\c2ccco2)SC1=S. The summed E-state index contributed by atoms with van der Waals surface area (Å²) in [4.78, 5) is 25.4. The monoisotopic (exact) mass is 325 g/mol. The van der Waals surface area contributed by atoms with Gasteiger partial charge in [0, 0.05) is 6.08 Å². The largest absolute Gasteiger partial charge is 0.480 e. The van der Waals surface area contributed by atoms with E-state index < -0.39 is 12.0 Å². The van der Waals surface area contributed by atoms with Crippen LogP contribution in [0.5, 0.6) is 0 Å². The molecule has 21 heavy (non-hydrogen) atoms. The number of furan rings is 1. The first-order valence-electron chi connectivity index (χ1n) is 6.43. The first-order valence-corrected chi connectivity index (χ1v) is 7.66. The van der Waals surface area contributed by atoms with E-state index >= 15 is 0 Å². The molecule has 1 atom stereocenters. The summed E-state index contributed by atoms with van der Waals surface area (Å²) >= 11 is 6.27. The van der Waals surface area contributed by atoms with Crippen LogP contribution in [0.2, 0.25) is 0 Å². The Labute approximate surface area is 132 Å². The zero-order valence-corrected chi connectivity index (χ0v) is 13.2. The fourth-order valence-electron chi connectivity index (χ4n) is 2.01. The third kappa shape index (κ3) is 3.54. The minimum atomic E-state index is -1.04. The van der Waals surface area contributed by atoms with Crippen LogP contribution in [0, 0.1) is 5.92 Å². The van der Waals surface area contributed by atoms with E-state index in [1.807, 2.05) is 13.8 Å². The minimum Gasteiger partial charge on any atom is -0.480 e. The summed E-state index contributed by atoms with van der Waals surface area (Å²) in [6, 6.07) is 2.50. The van der Waals surface area contributed by atoms with E-state index in [1.54, 1.807) is 18.2 Å². The lowest BCUT2D eigenvalue weighted by atomic mass is 10.0. The maximum absolute atomic E-state index is 12.4. The number of carbonyl (C=O) groups excluding carboxylic acids is 1. The topological polar surface area (TPSA) is 70.8 Å². The second-order valence-corrected chi connectivity index (χ2v) is 6.73. The number of hydrogen-bond acceptors (Lipinski definition) is 5. The lowest BCUT2D eigenvalue weighted by molar-refractivity contribution is -0.145. The highest BCUT2D eigenvalue weighted by Crippen LogP contribution is 2.35. The maximum atomic E-state index is 12.4. The smallest absolute Gasteiger partial charge is 0.326 e. The summed E-state index contributed by atoms with van der Waals surface area (Å²) in [6.45, 7) is 3.82. The molecule has 0 spiro atoms. The van der Waals surface area contributed by atoms with Gasteiger partial charge in [-0.15, -0.1) is 0 Å². The Morgan fingerprint density at radius 3 is 2.81 bits per heavy atom. The molecule has 1 fully saturated rings. The van der Waals surface area contributed by atoms with Gasteiger partial charge in [0.15, 0.2) is 0 Å². The first-order chi connectivity index (χ1) is 9.90. The highest BCUT2D eigenvalue weighted by Gasteiger charge is 2.40. The van der Waals surface area contributed by atoms with Crippen molar-refractivity contribution >= 4 is 46.3 Å². The van der Waals surface area contributed by atoms with Crippen LogP contribution in [0.1, 0.15) is 26.0 Å². The zero-order valence-electron chi connectivity index (χ0n) is 11.6. The van der Waals surface area contributed by atoms with Gasteiger partial charge in [-0.1, -0.05) is 37.8 Å². The van der Waals surface area contributed by atoms with Crippen LogP contribution < -0.4 is 0 Å². The minimum absolute atomic E-state index is 0.143. The Morgan fingerprint density at radius 2 is 2.29 bits per heavy atom. The Morgan fingerprint density at radius 1 is 1.57 bits per heavy atom. The molecule has 0 saturated carbocycles. The van der Waals surface area contributed by atoms with E-state index in [9.17, 15) is 14.7 Å². The van der Waals surface area contributed by atoms with Gasteiger partial charge in [0.1, 0.15) is 16.1 Å². The zero-order chi connectivity index (χ0) is 15.6. The molecule has 2 rings (SSSR count). The first kappa shape index (κ1) is 15.8. The van der Waals surface area contributed by atoms with Gasteiger partial charge in [0.05, 0.1) is 11.2 Å². The van der Waals surface area contributed by atoms with Gasteiger partial charge in [-0.3, -0.25) is 9.69 Å². The van der Waals surface area contributed by atoms with E-state index in [0.717, 1.165) is 11.8 Å². The van der Waals surface area contributed by atoms with Crippen molar-refractivity contribution in [1.82, 2.24) is 4.90 Å². The number of thiocarbonyl (C=S) groups is 1. The molecule has 112 valence electrons. The fourth-order valence-corrected chi connectivity index (χ4v) is 3.35. The number of nitrogens with zero attached hydrogens (tertiary/aromatic N) is 1. The average Bonchev–Trinajstić information content (AvgIpc) is 2.97. The number of hydrogen-bond donors (Lipinski definition) is 1. The van der Waals surface area contributed by atoms with Gasteiger partial charge in [-0.2, -0.15) is 0 Å². The predicted octanol–water partition coefficient (Wildman–Crippen LogP) is 2.98. The highest BCUT2D eigenvalue weighted by molar-refractivity contribution is 8.26. The van der Waals surface area contributed by atoms with Crippen molar-refractivity contribution in [2.45, 2.75) is 26.3 Å². The Kier molecular flexibility index (Phi) is 4.84. The maximum Gasteiger partial charge on any atom is 0.326 e. The molecule has 5 nitrogen and oxygen atoms in total. The summed E-state index contributed by atoms with van der Waals surface area (Å²) in [7, 11) is 0. The molecule has 1 amide bonds. The van der Waals surface area contributed by atoms with Crippen molar-refractivity contribution in [1.29, 1.82) is 0 Å². The van der Waals surface area contributed by atoms with E-state index in [1.165, 1.54) is 11.2 Å². The van der Waals surface area contributed by atoms with Crippen molar-refractivity contribution in [3.63, 3.8) is 0 Å². The summed E-state index contributed by atoms with van der Waals surface area (Å²) in [5.74, 6) is -0.746. The molecule has 1 N–H and O–H groups in total. The normalized spacial score (nSPS) is 18.8. The third-order valence-corrected chi connectivity index (χ3v) is 4.26. The summed E-state index contributed by atoms with van der Waals surface area (Å²) in [5.41, 5.74) is 0. The highest BCUT2D eigenvalue weighted by atomic mass is 32.2. The van der Waals surface area contributed by atoms with Crippen LogP contribution in [-0.2, 0) is 9.59 Å². The van der Waals surface area contributed by atoms with Crippen LogP contribution in [0.3, 0.4) is 0 Å². The van der Waals surface area contributed by atoms with Gasteiger partial charge in [0.25, 0.3) is 5.91 Å².